The van der Waals surface area contributed by atoms with Gasteiger partial charge in [-0.15, -0.1) is 0 Å². The Morgan fingerprint density at radius 3 is 2.63 bits per heavy atom. The third kappa shape index (κ3) is 6.43. The van der Waals surface area contributed by atoms with Crippen LogP contribution in [0.5, 0.6) is 11.5 Å². The van der Waals surface area contributed by atoms with E-state index in [4.69, 9.17) is 26.1 Å². The smallest absolute Gasteiger partial charge is 0.319 e. The van der Waals surface area contributed by atoms with Crippen LogP contribution in [-0.2, 0) is 4.79 Å². The van der Waals surface area contributed by atoms with Gasteiger partial charge in [-0.05, 0) is 74.8 Å². The average Bonchev–Trinajstić information content (AvgIpc) is 3.64. The zero-order chi connectivity index (χ0) is 28.3. The Hall–Kier alpha value is -3.78. The molecule has 2 N–H and O–H groups in total. The molecule has 0 spiro atoms. The van der Waals surface area contributed by atoms with E-state index in [0.29, 0.717) is 42.5 Å². The van der Waals surface area contributed by atoms with Crippen LogP contribution in [0.2, 0.25) is 5.02 Å². The van der Waals surface area contributed by atoms with Gasteiger partial charge in [0.25, 0.3) is 0 Å². The first-order chi connectivity index (χ1) is 20.0. The summed E-state index contributed by atoms with van der Waals surface area (Å²) < 4.78 is 13.0. The molecule has 0 aromatic heterocycles. The summed E-state index contributed by atoms with van der Waals surface area (Å²) in [4.78, 5) is 30.9. The maximum Gasteiger partial charge on any atom is 0.319 e. The highest BCUT2D eigenvalue weighted by Crippen LogP contribution is 2.33. The molecule has 2 aromatic carbocycles. The van der Waals surface area contributed by atoms with Crippen molar-refractivity contribution in [3.8, 4) is 11.5 Å². The van der Waals surface area contributed by atoms with E-state index >= 15 is 0 Å². The maximum atomic E-state index is 12.2. The molecule has 0 saturated heterocycles. The summed E-state index contributed by atoms with van der Waals surface area (Å²) in [6.07, 6.45) is 11.6. The minimum atomic E-state index is -0.252. The Balaban J connectivity index is 1.31. The molecule has 8 nitrogen and oxygen atoms in total. The van der Waals surface area contributed by atoms with E-state index in [1.54, 1.807) is 17.0 Å². The lowest BCUT2D eigenvalue weighted by atomic mass is 9.96. The number of nitrogens with one attached hydrogen (secondary N) is 2. The Labute approximate surface area is 244 Å². The predicted molar refractivity (Wildman–Crippen MR) is 160 cm³/mol. The monoisotopic (exact) mass is 574 g/mol. The van der Waals surface area contributed by atoms with Crippen LogP contribution in [0.25, 0.3) is 11.3 Å². The number of ether oxygens (including phenoxy) is 2. The molecule has 3 amide bonds. The summed E-state index contributed by atoms with van der Waals surface area (Å²) in [6.45, 7) is 5.40. The number of amides is 3. The lowest BCUT2D eigenvalue weighted by molar-refractivity contribution is -0.125. The number of hydrogen-bond acceptors (Lipinski definition) is 5. The van der Waals surface area contributed by atoms with Gasteiger partial charge in [-0.25, -0.2) is 4.79 Å². The highest BCUT2D eigenvalue weighted by molar-refractivity contribution is 6.33. The molecule has 6 rings (SSSR count). The molecule has 41 heavy (non-hydrogen) atoms. The lowest BCUT2D eigenvalue weighted by Gasteiger charge is -2.27. The van der Waals surface area contributed by atoms with Gasteiger partial charge in [0, 0.05) is 55.0 Å². The van der Waals surface area contributed by atoms with E-state index in [0.717, 1.165) is 65.3 Å². The number of carbonyl (C=O) groups excluding carboxylic acids is 2. The zero-order valence-corrected chi connectivity index (χ0v) is 23.8. The fourth-order valence-electron chi connectivity index (χ4n) is 5.59. The summed E-state index contributed by atoms with van der Waals surface area (Å²) in [5, 5.41) is 7.89. The van der Waals surface area contributed by atoms with Gasteiger partial charge in [-0.2, -0.15) is 0 Å². The number of anilines is 1. The van der Waals surface area contributed by atoms with Crippen molar-refractivity contribution in [1.82, 2.24) is 10.2 Å². The fourth-order valence-corrected chi connectivity index (χ4v) is 5.81. The highest BCUT2D eigenvalue weighted by atomic mass is 35.5. The average molecular weight is 575 g/mol. The van der Waals surface area contributed by atoms with Gasteiger partial charge in [0.1, 0.15) is 17.3 Å². The second-order valence-corrected chi connectivity index (χ2v) is 11.4. The minimum Gasteiger partial charge on any atom is -0.490 e. The lowest BCUT2D eigenvalue weighted by Crippen LogP contribution is -2.35. The number of benzene rings is 2. The van der Waals surface area contributed by atoms with Crippen molar-refractivity contribution in [3.63, 3.8) is 0 Å². The van der Waals surface area contributed by atoms with Gasteiger partial charge in [0.05, 0.1) is 22.2 Å². The van der Waals surface area contributed by atoms with Crippen molar-refractivity contribution in [2.45, 2.75) is 63.5 Å². The van der Waals surface area contributed by atoms with Gasteiger partial charge < -0.3 is 25.0 Å². The van der Waals surface area contributed by atoms with Gasteiger partial charge in [0.2, 0.25) is 5.91 Å². The number of nitrogens with zero attached hydrogens (tertiary/aromatic N) is 2. The van der Waals surface area contributed by atoms with Crippen LogP contribution in [0.4, 0.5) is 10.5 Å². The molecule has 2 saturated carbocycles. The maximum absolute atomic E-state index is 12.2. The molecule has 2 aliphatic carbocycles. The third-order valence-corrected chi connectivity index (χ3v) is 8.31. The Morgan fingerprint density at radius 2 is 1.93 bits per heavy atom. The molecule has 0 radical (unpaired) electrons. The van der Waals surface area contributed by atoms with Crippen LogP contribution >= 0.6 is 11.6 Å². The van der Waals surface area contributed by atoms with Crippen LogP contribution in [0.3, 0.4) is 0 Å². The molecular formula is C32H35ClN4O4. The van der Waals surface area contributed by atoms with Crippen LogP contribution in [0.15, 0.2) is 54.1 Å². The van der Waals surface area contributed by atoms with Crippen LogP contribution in [0.1, 0.15) is 56.9 Å². The SMILES string of the molecule is C=CC(=O)N1CC=C(c2cc3c(cc2OC2CCCC2)=NCCC=3Oc2ccc(NC(=O)NC3CC3)c(Cl)c2)CC1. The normalized spacial score (nSPS) is 18.6. The quantitative estimate of drug-likeness (QED) is 0.436. The van der Waals surface area contributed by atoms with E-state index < -0.39 is 0 Å². The van der Waals surface area contributed by atoms with Crippen molar-refractivity contribution < 1.29 is 19.1 Å². The van der Waals surface area contributed by atoms with Crippen molar-refractivity contribution >= 4 is 40.6 Å². The molecule has 2 aromatic rings. The number of rotatable bonds is 8. The second kappa shape index (κ2) is 12.0. The second-order valence-electron chi connectivity index (χ2n) is 11.0. The van der Waals surface area contributed by atoms with E-state index in [9.17, 15) is 9.59 Å². The third-order valence-electron chi connectivity index (χ3n) is 8.00. The molecule has 2 aliphatic heterocycles. The standard InChI is InChI=1S/C32H35ClN4O4/c1-2-31(38)37-15-12-20(13-16-37)24-18-25-28(19-30(24)40-22-5-3-4-6-22)34-14-11-29(25)41-23-9-10-27(26(33)17-23)36-32(39)35-21-7-8-21/h2,9-10,12,17-19,21-22H,1,3-8,11,13-16H2,(H2,35,36,39). The van der Waals surface area contributed by atoms with Crippen molar-refractivity contribution in [2.24, 2.45) is 4.99 Å². The fraction of sp³-hybridized carbons (Fsp3) is 0.406. The first kappa shape index (κ1) is 27.4. The molecule has 214 valence electrons. The summed E-state index contributed by atoms with van der Waals surface area (Å²) in [5.41, 5.74) is 2.71. The first-order valence-electron chi connectivity index (χ1n) is 14.5. The number of fused-ring (bicyclic) bond motifs is 1. The molecule has 0 unspecified atom stereocenters. The zero-order valence-electron chi connectivity index (χ0n) is 23.1. The van der Waals surface area contributed by atoms with E-state index in [-0.39, 0.29) is 24.1 Å². The first-order valence-corrected chi connectivity index (χ1v) is 14.9. The largest absolute Gasteiger partial charge is 0.490 e. The van der Waals surface area contributed by atoms with E-state index in [1.807, 2.05) is 12.1 Å². The molecule has 0 atom stereocenters. The number of carbonyl (C=O) groups is 2. The molecule has 2 heterocycles. The molecule has 4 aliphatic rings. The van der Waals surface area contributed by atoms with Gasteiger partial charge >= 0.3 is 6.03 Å². The molecule has 2 fully saturated rings. The Kier molecular flexibility index (Phi) is 8.01. The topological polar surface area (TPSA) is 92.3 Å². The molecule has 0 bridgehead atoms. The van der Waals surface area contributed by atoms with Crippen molar-refractivity contribution in [1.29, 1.82) is 0 Å². The van der Waals surface area contributed by atoms with Crippen LogP contribution < -0.4 is 30.7 Å². The van der Waals surface area contributed by atoms with Crippen molar-refractivity contribution in [2.75, 3.05) is 25.0 Å². The van der Waals surface area contributed by atoms with Gasteiger partial charge in [-0.1, -0.05) is 24.3 Å². The van der Waals surface area contributed by atoms with Gasteiger partial charge in [-0.3, -0.25) is 9.79 Å². The van der Waals surface area contributed by atoms with Crippen molar-refractivity contribution in [3.05, 3.63) is 70.2 Å². The summed E-state index contributed by atoms with van der Waals surface area (Å²) in [5.74, 6) is 2.19. The summed E-state index contributed by atoms with van der Waals surface area (Å²) in [6, 6.07) is 9.48. The Bertz CT molecular complexity index is 1520. The minimum absolute atomic E-state index is 0.0561. The summed E-state index contributed by atoms with van der Waals surface area (Å²) >= 11 is 6.51. The Morgan fingerprint density at radius 1 is 1.10 bits per heavy atom. The van der Waals surface area contributed by atoms with Gasteiger partial charge in [0.15, 0.2) is 0 Å². The predicted octanol–water partition coefficient (Wildman–Crippen LogP) is 4.96. The van der Waals surface area contributed by atoms with E-state index in [1.165, 1.54) is 18.9 Å². The highest BCUT2D eigenvalue weighted by Gasteiger charge is 2.25. The molecule has 9 heteroatoms. The number of halogens is 1. The summed E-state index contributed by atoms with van der Waals surface area (Å²) in [7, 11) is 0. The number of hydrogen-bond donors (Lipinski definition) is 2. The van der Waals surface area contributed by atoms with E-state index in [2.05, 4.69) is 29.4 Å². The van der Waals surface area contributed by atoms with Crippen LogP contribution in [-0.4, -0.2) is 48.6 Å². The molecular weight excluding hydrogens is 540 g/mol. The van der Waals surface area contributed by atoms with Crippen LogP contribution in [0, 0.1) is 0 Å². The number of urea groups is 1.